The molecule has 0 saturated heterocycles. The zero-order valence-corrected chi connectivity index (χ0v) is 15.2. The van der Waals surface area contributed by atoms with Gasteiger partial charge in [0.25, 0.3) is 0 Å². The van der Waals surface area contributed by atoms with Gasteiger partial charge in [-0.3, -0.25) is 0 Å². The number of benzene rings is 2. The molecule has 0 bridgehead atoms. The molecule has 0 amide bonds. The highest BCUT2D eigenvalue weighted by atomic mass is 31.1. The molecule has 23 heavy (non-hydrogen) atoms. The number of hydrogen-bond acceptors (Lipinski definition) is 3. The molecule has 3 rings (SSSR count). The topological polar surface area (TPSA) is 41.2 Å². The molecule has 8 heteroatoms. The van der Waals surface area contributed by atoms with E-state index in [9.17, 15) is 0 Å². The van der Waals surface area contributed by atoms with Gasteiger partial charge in [0.1, 0.15) is 0 Å². The Morgan fingerprint density at radius 1 is 1.09 bits per heavy atom. The molecule has 0 saturated carbocycles. The van der Waals surface area contributed by atoms with E-state index in [1.165, 1.54) is 0 Å². The van der Waals surface area contributed by atoms with Crippen LogP contribution in [0.1, 0.15) is 5.56 Å². The van der Waals surface area contributed by atoms with E-state index in [2.05, 4.69) is 11.1 Å². The Morgan fingerprint density at radius 2 is 1.87 bits per heavy atom. The van der Waals surface area contributed by atoms with E-state index in [0.29, 0.717) is 0 Å². The van der Waals surface area contributed by atoms with Crippen molar-refractivity contribution in [2.75, 3.05) is 0 Å². The summed E-state index contributed by atoms with van der Waals surface area (Å²) < 4.78 is 7.98. The number of allylic oxidation sites excluding steroid dienone is 1. The molecule has 0 aliphatic heterocycles. The lowest BCUT2D eigenvalue weighted by molar-refractivity contribution is 0.252. The fraction of sp³-hybridized carbons (Fsp3) is 0.0667. The molecule has 2 atom stereocenters. The van der Waals surface area contributed by atoms with Crippen LogP contribution in [0.4, 0.5) is 0 Å². The van der Waals surface area contributed by atoms with Gasteiger partial charge >= 0.3 is 0 Å². The Kier molecular flexibility index (Phi) is 5.60. The van der Waals surface area contributed by atoms with Crippen molar-refractivity contribution in [2.24, 2.45) is 0 Å². The normalized spacial score (nSPS) is 11.1. The van der Waals surface area contributed by atoms with E-state index in [1.54, 1.807) is 4.26 Å². The van der Waals surface area contributed by atoms with Crippen molar-refractivity contribution < 1.29 is 9.68 Å². The van der Waals surface area contributed by atoms with Crippen molar-refractivity contribution in [3.8, 4) is 11.5 Å². The average molecular weight is 363 g/mol. The largest absolute Gasteiger partial charge is 0.367 e. The summed E-state index contributed by atoms with van der Waals surface area (Å²) in [5, 5.41) is 0. The molecule has 0 spiro atoms. The Morgan fingerprint density at radius 3 is 2.70 bits per heavy atom. The molecule has 1 aromatic heterocycles. The lowest BCUT2D eigenvalue weighted by Gasteiger charge is -2.13. The van der Waals surface area contributed by atoms with Crippen LogP contribution in [-0.4, -0.2) is 13.0 Å². The summed E-state index contributed by atoms with van der Waals surface area (Å²) in [5.41, 5.74) is 1.10. The molecular formula is C15H16N3O2P3. The lowest BCUT2D eigenvalue weighted by atomic mass is 10.1. The van der Waals surface area contributed by atoms with Crippen molar-refractivity contribution in [3.05, 3.63) is 72.8 Å². The molecule has 3 aromatic rings. The minimum atomic E-state index is 0.236. The standard InChI is InChI=1S/C15H16N3O2P3/c1-2-8-13-9-6-7-12-15(13)20-18-22-16-21-17(23-18)19-14-10-4-3-5-11-14/h2-7,9-12,21,23H,1,8H2. The van der Waals surface area contributed by atoms with Crippen molar-refractivity contribution in [2.45, 2.75) is 6.42 Å². The number of para-hydroxylation sites is 2. The van der Waals surface area contributed by atoms with Crippen molar-refractivity contribution in [1.82, 2.24) is 13.0 Å². The number of hydrogen-bond donors (Lipinski definition) is 0. The fourth-order valence-electron chi connectivity index (χ4n) is 1.90. The van der Waals surface area contributed by atoms with Gasteiger partial charge in [-0.2, -0.15) is 4.51 Å². The molecule has 2 unspecified atom stereocenters. The Hall–Kier alpha value is -1.92. The first-order valence-electron chi connectivity index (χ1n) is 6.98. The van der Waals surface area contributed by atoms with Crippen LogP contribution in [0, 0.1) is 0 Å². The second-order valence-electron chi connectivity index (χ2n) is 4.55. The molecule has 118 valence electrons. The van der Waals surface area contributed by atoms with Gasteiger partial charge in [0.15, 0.2) is 20.0 Å². The summed E-state index contributed by atoms with van der Waals surface area (Å²) in [7, 11) is 1.29. The van der Waals surface area contributed by atoms with E-state index >= 15 is 0 Å². The molecule has 0 radical (unpaired) electrons. The second-order valence-corrected chi connectivity index (χ2v) is 8.34. The van der Waals surface area contributed by atoms with Crippen LogP contribution < -0.4 is 9.68 Å². The molecule has 0 N–H and O–H groups in total. The zero-order chi connectivity index (χ0) is 15.9. The summed E-state index contributed by atoms with van der Waals surface area (Å²) in [4.78, 5) is 11.8. The number of aromatic nitrogens is 3. The highest BCUT2D eigenvalue weighted by Gasteiger charge is 2.03. The minimum absolute atomic E-state index is 0.236. The van der Waals surface area contributed by atoms with E-state index in [0.717, 1.165) is 32.0 Å². The molecule has 0 fully saturated rings. The first kappa shape index (κ1) is 16.0. The molecular weight excluding hydrogens is 347 g/mol. The molecule has 0 aliphatic rings. The van der Waals surface area contributed by atoms with Gasteiger partial charge in [0.2, 0.25) is 0 Å². The summed E-state index contributed by atoms with van der Waals surface area (Å²) in [6.45, 7) is 3.79. The van der Waals surface area contributed by atoms with Crippen molar-refractivity contribution >= 4 is 25.5 Å². The van der Waals surface area contributed by atoms with Crippen LogP contribution in [0.2, 0.25) is 0 Å². The zero-order valence-electron chi connectivity index (χ0n) is 12.3. The average Bonchev–Trinajstić information content (AvgIpc) is 2.58. The van der Waals surface area contributed by atoms with Gasteiger partial charge in [-0.25, -0.2) is 0 Å². The number of nitrogens with zero attached hydrogens (tertiary/aromatic N) is 3. The first-order chi connectivity index (χ1) is 11.3. The van der Waals surface area contributed by atoms with Gasteiger partial charge in [-0.15, -0.1) is 15.1 Å². The van der Waals surface area contributed by atoms with Crippen LogP contribution in [0.3, 0.4) is 0 Å². The van der Waals surface area contributed by atoms with Crippen molar-refractivity contribution in [3.63, 3.8) is 0 Å². The second kappa shape index (κ2) is 8.08. The molecule has 0 aliphatic carbocycles. The Bertz CT molecular complexity index is 803. The van der Waals surface area contributed by atoms with Crippen LogP contribution in [0.25, 0.3) is 0 Å². The smallest absolute Gasteiger partial charge is 0.182 e. The van der Waals surface area contributed by atoms with Gasteiger partial charge in [0.05, 0.1) is 17.0 Å². The Balaban J connectivity index is 1.79. The monoisotopic (exact) mass is 363 g/mol. The highest BCUT2D eigenvalue weighted by molar-refractivity contribution is 7.44. The number of rotatable bonds is 6. The quantitative estimate of drug-likeness (QED) is 0.587. The van der Waals surface area contributed by atoms with Gasteiger partial charge in [-0.05, 0) is 24.6 Å². The molecule has 5 nitrogen and oxygen atoms in total. The molecule has 2 aromatic carbocycles. The van der Waals surface area contributed by atoms with E-state index in [-0.39, 0.29) is 17.0 Å². The predicted molar refractivity (Wildman–Crippen MR) is 98.2 cm³/mol. The fourth-order valence-corrected chi connectivity index (χ4v) is 5.33. The maximum atomic E-state index is 5.98. The van der Waals surface area contributed by atoms with Crippen LogP contribution in [-0.2, 0) is 6.42 Å². The SMILES string of the molecule is C=CCc1ccccc1On1pn[pH]n(Oc2ccccc2)[pH]1. The van der Waals surface area contributed by atoms with E-state index in [1.807, 2.05) is 64.9 Å². The third kappa shape index (κ3) is 4.53. The minimum Gasteiger partial charge on any atom is -0.367 e. The van der Waals surface area contributed by atoms with Crippen LogP contribution >= 0.6 is 25.5 Å². The van der Waals surface area contributed by atoms with Crippen molar-refractivity contribution in [1.29, 1.82) is 0 Å². The predicted octanol–water partition coefficient (Wildman–Crippen LogP) is 4.86. The van der Waals surface area contributed by atoms with E-state index in [4.69, 9.17) is 9.68 Å². The van der Waals surface area contributed by atoms with Gasteiger partial charge in [0, 0.05) is 5.56 Å². The maximum Gasteiger partial charge on any atom is 0.182 e. The highest BCUT2D eigenvalue weighted by Crippen LogP contribution is 2.25. The maximum absolute atomic E-state index is 5.98. The summed E-state index contributed by atoms with van der Waals surface area (Å²) >= 11 is 0. The van der Waals surface area contributed by atoms with Gasteiger partial charge < -0.3 is 9.68 Å². The third-order valence-corrected chi connectivity index (χ3v) is 5.80. The third-order valence-electron chi connectivity index (χ3n) is 2.90. The molecule has 1 heterocycles. The van der Waals surface area contributed by atoms with Crippen LogP contribution in [0.15, 0.2) is 67.3 Å². The van der Waals surface area contributed by atoms with Gasteiger partial charge in [-0.1, -0.05) is 42.5 Å². The summed E-state index contributed by atoms with van der Waals surface area (Å²) in [5.74, 6) is 1.63. The summed E-state index contributed by atoms with van der Waals surface area (Å²) in [6.07, 6.45) is 2.64. The summed E-state index contributed by atoms with van der Waals surface area (Å²) in [6, 6.07) is 17.7. The Labute approximate surface area is 139 Å². The first-order valence-corrected chi connectivity index (χ1v) is 9.56. The van der Waals surface area contributed by atoms with E-state index < -0.39 is 0 Å². The van der Waals surface area contributed by atoms with Crippen LogP contribution in [0.5, 0.6) is 11.5 Å². The lowest BCUT2D eigenvalue weighted by Crippen LogP contribution is -2.05.